The molecule has 1 N–H and O–H groups in total. The number of carboxylic acids is 1. The molecule has 0 spiro atoms. The van der Waals surface area contributed by atoms with E-state index < -0.39 is 5.97 Å². The van der Waals surface area contributed by atoms with Gasteiger partial charge in [0.1, 0.15) is 0 Å². The summed E-state index contributed by atoms with van der Waals surface area (Å²) in [6.45, 7) is 6.70. The van der Waals surface area contributed by atoms with Gasteiger partial charge in [-0.15, -0.1) is 0 Å². The Hall–Kier alpha value is -0.530. The van der Waals surface area contributed by atoms with Crippen molar-refractivity contribution in [1.29, 1.82) is 0 Å². The molecule has 0 aliphatic rings. The third kappa shape index (κ3) is 6.14. The van der Waals surface area contributed by atoms with Gasteiger partial charge in [0.15, 0.2) is 0 Å². The van der Waals surface area contributed by atoms with Crippen molar-refractivity contribution in [1.82, 2.24) is 0 Å². The van der Waals surface area contributed by atoms with Crippen molar-refractivity contribution >= 4 is 5.97 Å². The standard InChI is InChI=1S/C14H28O2/c1-4-9-14(10-5-2,11-6-3)12-7-8-13(15)16/h4-12H2,1-3H3,(H,15,16). The van der Waals surface area contributed by atoms with Gasteiger partial charge in [-0.25, -0.2) is 0 Å². The van der Waals surface area contributed by atoms with Crippen molar-refractivity contribution in [2.24, 2.45) is 5.41 Å². The van der Waals surface area contributed by atoms with E-state index in [1.54, 1.807) is 0 Å². The molecule has 16 heavy (non-hydrogen) atoms. The minimum absolute atomic E-state index is 0.332. The Bertz CT molecular complexity index is 170. The second-order valence-corrected chi connectivity index (χ2v) is 5.00. The lowest BCUT2D eigenvalue weighted by atomic mass is 9.72. The van der Waals surface area contributed by atoms with E-state index in [9.17, 15) is 4.79 Å². The second-order valence-electron chi connectivity index (χ2n) is 5.00. The van der Waals surface area contributed by atoms with Crippen LogP contribution in [0.4, 0.5) is 0 Å². The van der Waals surface area contributed by atoms with Crippen LogP contribution in [0.3, 0.4) is 0 Å². The Balaban J connectivity index is 4.28. The monoisotopic (exact) mass is 228 g/mol. The van der Waals surface area contributed by atoms with E-state index in [0.717, 1.165) is 12.8 Å². The van der Waals surface area contributed by atoms with Gasteiger partial charge in [-0.3, -0.25) is 4.79 Å². The molecule has 0 atom stereocenters. The molecule has 0 saturated heterocycles. The van der Waals surface area contributed by atoms with Gasteiger partial charge in [0.25, 0.3) is 0 Å². The van der Waals surface area contributed by atoms with Crippen LogP contribution in [0.1, 0.15) is 78.6 Å². The normalized spacial score (nSPS) is 11.7. The predicted octanol–water partition coefficient (Wildman–Crippen LogP) is 4.63. The Morgan fingerprint density at radius 1 is 0.938 bits per heavy atom. The maximum Gasteiger partial charge on any atom is 0.303 e. The highest BCUT2D eigenvalue weighted by atomic mass is 16.4. The molecular weight excluding hydrogens is 200 g/mol. The van der Waals surface area contributed by atoms with E-state index in [0.29, 0.717) is 11.8 Å². The van der Waals surface area contributed by atoms with Crippen LogP contribution in [0.2, 0.25) is 0 Å². The number of rotatable bonds is 10. The first-order chi connectivity index (χ1) is 7.60. The largest absolute Gasteiger partial charge is 0.481 e. The highest BCUT2D eigenvalue weighted by Gasteiger charge is 2.26. The van der Waals surface area contributed by atoms with Crippen LogP contribution in [0, 0.1) is 5.41 Å². The topological polar surface area (TPSA) is 37.3 Å². The third-order valence-corrected chi connectivity index (χ3v) is 3.44. The molecule has 0 aliphatic carbocycles. The Kier molecular flexibility index (Phi) is 8.32. The van der Waals surface area contributed by atoms with E-state index in [1.165, 1.54) is 38.5 Å². The molecule has 0 heterocycles. The van der Waals surface area contributed by atoms with Crippen molar-refractivity contribution in [3.8, 4) is 0 Å². The maximum absolute atomic E-state index is 10.6. The number of hydrogen-bond acceptors (Lipinski definition) is 1. The molecule has 0 aromatic rings. The number of aliphatic carboxylic acids is 1. The summed E-state index contributed by atoms with van der Waals surface area (Å²) in [6, 6.07) is 0. The fourth-order valence-corrected chi connectivity index (χ4v) is 2.96. The molecular formula is C14H28O2. The average molecular weight is 228 g/mol. The van der Waals surface area contributed by atoms with E-state index in [-0.39, 0.29) is 0 Å². The Morgan fingerprint density at radius 2 is 1.38 bits per heavy atom. The highest BCUT2D eigenvalue weighted by Crippen LogP contribution is 2.39. The van der Waals surface area contributed by atoms with E-state index in [1.807, 2.05) is 0 Å². The molecule has 0 bridgehead atoms. The van der Waals surface area contributed by atoms with Gasteiger partial charge in [-0.05, 0) is 37.5 Å². The maximum atomic E-state index is 10.6. The molecule has 0 amide bonds. The van der Waals surface area contributed by atoms with E-state index in [4.69, 9.17) is 5.11 Å². The summed E-state index contributed by atoms with van der Waals surface area (Å²) >= 11 is 0. The minimum atomic E-state index is -0.654. The van der Waals surface area contributed by atoms with Crippen molar-refractivity contribution < 1.29 is 9.90 Å². The van der Waals surface area contributed by atoms with Crippen LogP contribution in [0.15, 0.2) is 0 Å². The number of hydrogen-bond donors (Lipinski definition) is 1. The van der Waals surface area contributed by atoms with Crippen molar-refractivity contribution in [2.75, 3.05) is 0 Å². The van der Waals surface area contributed by atoms with Gasteiger partial charge in [0.2, 0.25) is 0 Å². The van der Waals surface area contributed by atoms with Crippen molar-refractivity contribution in [3.05, 3.63) is 0 Å². The SMILES string of the molecule is CCCC(CCC)(CCC)CCCC(=O)O. The van der Waals surface area contributed by atoms with Crippen molar-refractivity contribution in [2.45, 2.75) is 78.6 Å². The van der Waals surface area contributed by atoms with Crippen LogP contribution in [0.5, 0.6) is 0 Å². The zero-order valence-corrected chi connectivity index (χ0v) is 11.2. The molecule has 0 aliphatic heterocycles. The number of carbonyl (C=O) groups is 1. The van der Waals surface area contributed by atoms with Gasteiger partial charge in [-0.1, -0.05) is 40.0 Å². The minimum Gasteiger partial charge on any atom is -0.481 e. The zero-order valence-electron chi connectivity index (χ0n) is 11.2. The first-order valence-corrected chi connectivity index (χ1v) is 6.82. The first-order valence-electron chi connectivity index (χ1n) is 6.82. The summed E-state index contributed by atoms with van der Waals surface area (Å²) in [6.07, 6.45) is 9.69. The lowest BCUT2D eigenvalue weighted by molar-refractivity contribution is -0.137. The van der Waals surface area contributed by atoms with Crippen LogP contribution in [-0.4, -0.2) is 11.1 Å². The van der Waals surface area contributed by atoms with Gasteiger partial charge < -0.3 is 5.11 Å². The van der Waals surface area contributed by atoms with Crippen LogP contribution in [0.25, 0.3) is 0 Å². The second kappa shape index (κ2) is 8.60. The molecule has 0 rings (SSSR count). The van der Waals surface area contributed by atoms with Crippen LogP contribution >= 0.6 is 0 Å². The lowest BCUT2D eigenvalue weighted by Crippen LogP contribution is -2.21. The van der Waals surface area contributed by atoms with Crippen LogP contribution < -0.4 is 0 Å². The van der Waals surface area contributed by atoms with Crippen LogP contribution in [-0.2, 0) is 4.79 Å². The molecule has 0 saturated carbocycles. The van der Waals surface area contributed by atoms with E-state index in [2.05, 4.69) is 20.8 Å². The lowest BCUT2D eigenvalue weighted by Gasteiger charge is -2.33. The molecule has 0 radical (unpaired) electrons. The summed E-state index contributed by atoms with van der Waals surface area (Å²) in [5, 5.41) is 8.70. The molecule has 96 valence electrons. The van der Waals surface area contributed by atoms with Gasteiger partial charge in [-0.2, -0.15) is 0 Å². The quantitative estimate of drug-likeness (QED) is 0.592. The molecule has 0 aromatic heterocycles. The van der Waals surface area contributed by atoms with Gasteiger partial charge >= 0.3 is 5.97 Å². The first kappa shape index (κ1) is 15.5. The summed E-state index contributed by atoms with van der Waals surface area (Å²) in [4.78, 5) is 10.6. The fourth-order valence-electron chi connectivity index (χ4n) is 2.96. The summed E-state index contributed by atoms with van der Waals surface area (Å²) in [7, 11) is 0. The average Bonchev–Trinajstić information content (AvgIpc) is 2.18. The predicted molar refractivity (Wildman–Crippen MR) is 68.6 cm³/mol. The summed E-state index contributed by atoms with van der Waals surface area (Å²) < 4.78 is 0. The Labute approximate surface area is 100 Å². The third-order valence-electron chi connectivity index (χ3n) is 3.44. The fraction of sp³-hybridized carbons (Fsp3) is 0.929. The molecule has 0 fully saturated rings. The Morgan fingerprint density at radius 3 is 1.69 bits per heavy atom. The molecule has 0 aromatic carbocycles. The molecule has 2 heteroatoms. The molecule has 2 nitrogen and oxygen atoms in total. The summed E-state index contributed by atoms with van der Waals surface area (Å²) in [5.41, 5.74) is 0.424. The summed E-state index contributed by atoms with van der Waals surface area (Å²) in [5.74, 6) is -0.654. The van der Waals surface area contributed by atoms with Gasteiger partial charge in [0, 0.05) is 6.42 Å². The van der Waals surface area contributed by atoms with E-state index >= 15 is 0 Å². The van der Waals surface area contributed by atoms with Crippen molar-refractivity contribution in [3.63, 3.8) is 0 Å². The smallest absolute Gasteiger partial charge is 0.303 e. The zero-order chi connectivity index (χ0) is 12.4. The number of carboxylic acid groups (broad SMARTS) is 1. The highest BCUT2D eigenvalue weighted by molar-refractivity contribution is 5.66. The molecule has 0 unspecified atom stereocenters. The van der Waals surface area contributed by atoms with Gasteiger partial charge in [0.05, 0.1) is 0 Å².